The van der Waals surface area contributed by atoms with E-state index in [0.29, 0.717) is 11.3 Å². The number of pyridine rings is 1. The number of aryl methyl sites for hydroxylation is 1. The summed E-state index contributed by atoms with van der Waals surface area (Å²) in [7, 11) is 0. The monoisotopic (exact) mass is 220 g/mol. The molecule has 90 valence electrons. The first-order chi connectivity index (χ1) is 7.42. The van der Waals surface area contributed by atoms with Crippen molar-refractivity contribution in [2.75, 3.05) is 6.54 Å². The predicted octanol–water partition coefficient (Wildman–Crippen LogP) is 3.16. The number of aromatic nitrogens is 1. The van der Waals surface area contributed by atoms with E-state index < -0.39 is 0 Å². The van der Waals surface area contributed by atoms with Gasteiger partial charge in [0.25, 0.3) is 0 Å². The van der Waals surface area contributed by atoms with E-state index in [1.165, 1.54) is 11.1 Å². The van der Waals surface area contributed by atoms with Gasteiger partial charge in [-0.1, -0.05) is 33.8 Å². The van der Waals surface area contributed by atoms with E-state index in [1.54, 1.807) is 0 Å². The van der Waals surface area contributed by atoms with Crippen molar-refractivity contribution >= 4 is 0 Å². The van der Waals surface area contributed by atoms with Crippen LogP contribution in [0.15, 0.2) is 18.5 Å². The molecule has 1 aromatic rings. The average molecular weight is 220 g/mol. The van der Waals surface area contributed by atoms with Gasteiger partial charge in [0, 0.05) is 25.5 Å². The van der Waals surface area contributed by atoms with Crippen LogP contribution in [-0.4, -0.2) is 11.5 Å². The van der Waals surface area contributed by atoms with E-state index in [9.17, 15) is 0 Å². The van der Waals surface area contributed by atoms with Gasteiger partial charge in [-0.25, -0.2) is 0 Å². The summed E-state index contributed by atoms with van der Waals surface area (Å²) < 4.78 is 0. The lowest BCUT2D eigenvalue weighted by molar-refractivity contribution is 0.238. The summed E-state index contributed by atoms with van der Waals surface area (Å²) in [6, 6.07) is 2.18. The molecule has 0 atom stereocenters. The van der Waals surface area contributed by atoms with Crippen molar-refractivity contribution in [1.82, 2.24) is 10.3 Å². The Kier molecular flexibility index (Phi) is 4.48. The van der Waals surface area contributed by atoms with Crippen molar-refractivity contribution in [1.29, 1.82) is 0 Å². The zero-order valence-electron chi connectivity index (χ0n) is 11.2. The van der Waals surface area contributed by atoms with Gasteiger partial charge in [0.05, 0.1) is 0 Å². The van der Waals surface area contributed by atoms with Crippen LogP contribution in [0, 0.1) is 18.3 Å². The topological polar surface area (TPSA) is 24.9 Å². The molecule has 1 aromatic heterocycles. The molecule has 0 spiro atoms. The number of nitrogens with one attached hydrogen (secondary N) is 1. The van der Waals surface area contributed by atoms with Gasteiger partial charge in [-0.2, -0.15) is 0 Å². The zero-order valence-corrected chi connectivity index (χ0v) is 11.2. The maximum absolute atomic E-state index is 4.19. The SMILES string of the molecule is Cc1cncc(CNCC(C)(C)C(C)C)c1. The quantitative estimate of drug-likeness (QED) is 0.824. The Balaban J connectivity index is 2.42. The predicted molar refractivity (Wildman–Crippen MR) is 69.3 cm³/mol. The minimum absolute atomic E-state index is 0.344. The molecule has 0 bridgehead atoms. The summed E-state index contributed by atoms with van der Waals surface area (Å²) >= 11 is 0. The average Bonchev–Trinajstić information content (AvgIpc) is 2.17. The normalized spacial score (nSPS) is 12.1. The first kappa shape index (κ1) is 13.2. The van der Waals surface area contributed by atoms with Crippen LogP contribution < -0.4 is 5.32 Å². The second kappa shape index (κ2) is 5.44. The molecule has 1 rings (SSSR count). The molecule has 0 aliphatic rings. The van der Waals surface area contributed by atoms with Crippen LogP contribution in [0.3, 0.4) is 0 Å². The van der Waals surface area contributed by atoms with E-state index in [1.807, 2.05) is 12.4 Å². The van der Waals surface area contributed by atoms with Gasteiger partial charge in [-0.05, 0) is 29.4 Å². The molecule has 0 aliphatic carbocycles. The molecule has 0 aromatic carbocycles. The lowest BCUT2D eigenvalue weighted by atomic mass is 9.81. The van der Waals surface area contributed by atoms with E-state index >= 15 is 0 Å². The van der Waals surface area contributed by atoms with Crippen LogP contribution >= 0.6 is 0 Å². The van der Waals surface area contributed by atoms with Crippen molar-refractivity contribution in [3.05, 3.63) is 29.6 Å². The fourth-order valence-electron chi connectivity index (χ4n) is 1.45. The second-order valence-corrected chi connectivity index (χ2v) is 5.62. The second-order valence-electron chi connectivity index (χ2n) is 5.62. The Hall–Kier alpha value is -0.890. The number of rotatable bonds is 5. The smallest absolute Gasteiger partial charge is 0.0313 e. The molecule has 0 aliphatic heterocycles. The molecule has 0 fully saturated rings. The first-order valence-corrected chi connectivity index (χ1v) is 6.03. The molecular weight excluding hydrogens is 196 g/mol. The highest BCUT2D eigenvalue weighted by atomic mass is 14.9. The Morgan fingerprint density at radius 3 is 2.56 bits per heavy atom. The highest BCUT2D eigenvalue weighted by Gasteiger charge is 2.21. The Bertz CT molecular complexity index is 329. The van der Waals surface area contributed by atoms with Crippen LogP contribution in [0.1, 0.15) is 38.8 Å². The summed E-state index contributed by atoms with van der Waals surface area (Å²) in [5.74, 6) is 0.690. The van der Waals surface area contributed by atoms with Crippen LogP contribution in [0.2, 0.25) is 0 Å². The minimum atomic E-state index is 0.344. The number of hydrogen-bond donors (Lipinski definition) is 1. The number of nitrogens with zero attached hydrogens (tertiary/aromatic N) is 1. The Morgan fingerprint density at radius 1 is 1.31 bits per heavy atom. The van der Waals surface area contributed by atoms with E-state index in [-0.39, 0.29) is 0 Å². The van der Waals surface area contributed by atoms with Crippen LogP contribution in [-0.2, 0) is 6.54 Å². The maximum atomic E-state index is 4.19. The molecule has 0 radical (unpaired) electrons. The van der Waals surface area contributed by atoms with Crippen molar-refractivity contribution in [3.8, 4) is 0 Å². The van der Waals surface area contributed by atoms with E-state index in [4.69, 9.17) is 0 Å². The summed E-state index contributed by atoms with van der Waals surface area (Å²) in [6.45, 7) is 13.2. The van der Waals surface area contributed by atoms with Gasteiger partial charge < -0.3 is 5.32 Å². The molecule has 16 heavy (non-hydrogen) atoms. The fraction of sp³-hybridized carbons (Fsp3) is 0.643. The third kappa shape index (κ3) is 3.93. The lowest BCUT2D eigenvalue weighted by Crippen LogP contribution is -2.33. The van der Waals surface area contributed by atoms with Crippen molar-refractivity contribution < 1.29 is 0 Å². The molecule has 0 unspecified atom stereocenters. The van der Waals surface area contributed by atoms with Gasteiger partial charge in [0.15, 0.2) is 0 Å². The molecule has 2 nitrogen and oxygen atoms in total. The molecule has 2 heteroatoms. The summed E-state index contributed by atoms with van der Waals surface area (Å²) in [5, 5.41) is 3.51. The summed E-state index contributed by atoms with van der Waals surface area (Å²) in [5.41, 5.74) is 2.83. The Labute approximate surface area is 99.5 Å². The van der Waals surface area contributed by atoms with Crippen molar-refractivity contribution in [2.45, 2.75) is 41.2 Å². The first-order valence-electron chi connectivity index (χ1n) is 6.03. The molecule has 1 N–H and O–H groups in total. The maximum Gasteiger partial charge on any atom is 0.0313 e. The highest BCUT2D eigenvalue weighted by Crippen LogP contribution is 2.24. The highest BCUT2D eigenvalue weighted by molar-refractivity contribution is 5.16. The van der Waals surface area contributed by atoms with Gasteiger partial charge in [0.2, 0.25) is 0 Å². The third-order valence-corrected chi connectivity index (χ3v) is 3.40. The van der Waals surface area contributed by atoms with Crippen LogP contribution in [0.25, 0.3) is 0 Å². The Morgan fingerprint density at radius 2 is 2.00 bits per heavy atom. The molecular formula is C14H24N2. The summed E-state index contributed by atoms with van der Waals surface area (Å²) in [4.78, 5) is 4.19. The van der Waals surface area contributed by atoms with Gasteiger partial charge in [0.1, 0.15) is 0 Å². The largest absolute Gasteiger partial charge is 0.312 e. The number of hydrogen-bond acceptors (Lipinski definition) is 2. The molecule has 0 amide bonds. The van der Waals surface area contributed by atoms with Crippen molar-refractivity contribution in [3.63, 3.8) is 0 Å². The standard InChI is InChI=1S/C14H24N2/c1-11(2)14(4,5)10-16-9-13-6-12(3)7-15-8-13/h6-8,11,16H,9-10H2,1-5H3. The zero-order chi connectivity index (χ0) is 12.2. The van der Waals surface area contributed by atoms with Crippen LogP contribution in [0.4, 0.5) is 0 Å². The van der Waals surface area contributed by atoms with E-state index in [2.05, 4.69) is 51.0 Å². The minimum Gasteiger partial charge on any atom is -0.312 e. The van der Waals surface area contributed by atoms with Crippen LogP contribution in [0.5, 0.6) is 0 Å². The van der Waals surface area contributed by atoms with E-state index in [0.717, 1.165) is 13.1 Å². The molecule has 0 saturated carbocycles. The molecule has 0 saturated heterocycles. The molecule has 1 heterocycles. The lowest BCUT2D eigenvalue weighted by Gasteiger charge is -2.29. The van der Waals surface area contributed by atoms with Gasteiger partial charge in [-0.3, -0.25) is 4.98 Å². The van der Waals surface area contributed by atoms with Gasteiger partial charge in [-0.15, -0.1) is 0 Å². The van der Waals surface area contributed by atoms with Crippen molar-refractivity contribution in [2.24, 2.45) is 11.3 Å². The fourth-order valence-corrected chi connectivity index (χ4v) is 1.45. The summed E-state index contributed by atoms with van der Waals surface area (Å²) in [6.07, 6.45) is 3.82. The third-order valence-electron chi connectivity index (χ3n) is 3.40. The van der Waals surface area contributed by atoms with Gasteiger partial charge >= 0.3 is 0 Å².